The molecular weight excluding hydrogens is 336 g/mol. The fraction of sp³-hybridized carbons (Fsp3) is 0.500. The normalized spacial score (nSPS) is 14.3. The van der Waals surface area contributed by atoms with Crippen molar-refractivity contribution in [2.45, 2.75) is 12.8 Å². The number of carbonyl (C=O) groups is 2. The first-order valence-corrected chi connectivity index (χ1v) is 7.46. The summed E-state index contributed by atoms with van der Waals surface area (Å²) in [5.74, 6) is 0.0961. The van der Waals surface area contributed by atoms with Gasteiger partial charge >= 0.3 is 5.97 Å². The Morgan fingerprint density at radius 1 is 1.08 bits per heavy atom. The van der Waals surface area contributed by atoms with Gasteiger partial charge < -0.3 is 24.8 Å². The van der Waals surface area contributed by atoms with E-state index >= 15 is 0 Å². The molecule has 8 heteroatoms. The minimum Gasteiger partial charge on any atom is -0.493 e. The van der Waals surface area contributed by atoms with E-state index in [0.717, 1.165) is 25.9 Å². The van der Waals surface area contributed by atoms with E-state index in [9.17, 15) is 9.59 Å². The van der Waals surface area contributed by atoms with E-state index in [1.807, 2.05) is 0 Å². The van der Waals surface area contributed by atoms with Crippen LogP contribution < -0.4 is 20.1 Å². The number of rotatable bonds is 5. The molecule has 0 aromatic heterocycles. The molecule has 1 saturated heterocycles. The Morgan fingerprint density at radius 2 is 1.67 bits per heavy atom. The SMILES string of the molecule is COC(=O)c1cc(OC)c(OC)cc1NC(=O)C1CCNCC1.Cl. The molecule has 134 valence electrons. The van der Waals surface area contributed by atoms with Gasteiger partial charge in [-0.05, 0) is 25.9 Å². The first kappa shape index (κ1) is 20.1. The molecule has 24 heavy (non-hydrogen) atoms. The third-order valence-electron chi connectivity index (χ3n) is 3.90. The van der Waals surface area contributed by atoms with Gasteiger partial charge in [0, 0.05) is 18.1 Å². The van der Waals surface area contributed by atoms with Crippen molar-refractivity contribution < 1.29 is 23.8 Å². The lowest BCUT2D eigenvalue weighted by atomic mass is 9.97. The minimum absolute atomic E-state index is 0. The summed E-state index contributed by atoms with van der Waals surface area (Å²) in [5, 5.41) is 6.03. The number of hydrogen-bond donors (Lipinski definition) is 2. The van der Waals surface area contributed by atoms with Crippen LogP contribution in [0.15, 0.2) is 12.1 Å². The Morgan fingerprint density at radius 3 is 2.21 bits per heavy atom. The Bertz CT molecular complexity index is 588. The zero-order chi connectivity index (χ0) is 16.8. The number of amides is 1. The molecule has 0 unspecified atom stereocenters. The van der Waals surface area contributed by atoms with E-state index in [1.54, 1.807) is 6.07 Å². The van der Waals surface area contributed by atoms with Crippen molar-refractivity contribution in [3.8, 4) is 11.5 Å². The van der Waals surface area contributed by atoms with E-state index in [2.05, 4.69) is 10.6 Å². The van der Waals surface area contributed by atoms with Gasteiger partial charge in [-0.3, -0.25) is 4.79 Å². The summed E-state index contributed by atoms with van der Waals surface area (Å²) in [7, 11) is 4.26. The molecule has 1 heterocycles. The number of esters is 1. The van der Waals surface area contributed by atoms with Crippen LogP contribution >= 0.6 is 12.4 Å². The molecule has 1 aromatic rings. The molecule has 2 N–H and O–H groups in total. The van der Waals surface area contributed by atoms with Crippen LogP contribution in [0.25, 0.3) is 0 Å². The second-order valence-corrected chi connectivity index (χ2v) is 5.26. The Labute approximate surface area is 147 Å². The molecule has 0 radical (unpaired) electrons. The van der Waals surface area contributed by atoms with Gasteiger partial charge in [-0.15, -0.1) is 12.4 Å². The van der Waals surface area contributed by atoms with Gasteiger partial charge in [-0.25, -0.2) is 4.79 Å². The Hall–Kier alpha value is -1.99. The average molecular weight is 359 g/mol. The van der Waals surface area contributed by atoms with Crippen LogP contribution in [0.1, 0.15) is 23.2 Å². The molecule has 1 aromatic carbocycles. The molecular formula is C16H23ClN2O5. The fourth-order valence-corrected chi connectivity index (χ4v) is 2.58. The second kappa shape index (κ2) is 9.34. The second-order valence-electron chi connectivity index (χ2n) is 5.26. The number of benzene rings is 1. The highest BCUT2D eigenvalue weighted by molar-refractivity contribution is 6.02. The van der Waals surface area contributed by atoms with E-state index < -0.39 is 5.97 Å². The highest BCUT2D eigenvalue weighted by Gasteiger charge is 2.24. The van der Waals surface area contributed by atoms with E-state index in [1.165, 1.54) is 27.4 Å². The van der Waals surface area contributed by atoms with Crippen LogP contribution in [0.3, 0.4) is 0 Å². The highest BCUT2D eigenvalue weighted by Crippen LogP contribution is 2.34. The molecule has 7 nitrogen and oxygen atoms in total. The molecule has 0 saturated carbocycles. The fourth-order valence-electron chi connectivity index (χ4n) is 2.58. The van der Waals surface area contributed by atoms with Crippen LogP contribution in [0.5, 0.6) is 11.5 Å². The number of carbonyl (C=O) groups excluding carboxylic acids is 2. The topological polar surface area (TPSA) is 85.9 Å². The van der Waals surface area contributed by atoms with Crippen molar-refractivity contribution in [3.05, 3.63) is 17.7 Å². The molecule has 1 fully saturated rings. The maximum Gasteiger partial charge on any atom is 0.340 e. The van der Waals surface area contributed by atoms with Crippen LogP contribution in [-0.2, 0) is 9.53 Å². The van der Waals surface area contributed by atoms with E-state index in [4.69, 9.17) is 14.2 Å². The summed E-state index contributed by atoms with van der Waals surface area (Å²) in [5.41, 5.74) is 0.588. The van der Waals surface area contributed by atoms with Crippen molar-refractivity contribution in [1.29, 1.82) is 0 Å². The minimum atomic E-state index is -0.549. The maximum absolute atomic E-state index is 12.4. The van der Waals surface area contributed by atoms with Gasteiger partial charge in [0.1, 0.15) is 0 Å². The van der Waals surface area contributed by atoms with E-state index in [0.29, 0.717) is 17.2 Å². The monoisotopic (exact) mass is 358 g/mol. The lowest BCUT2D eigenvalue weighted by Gasteiger charge is -2.22. The standard InChI is InChI=1S/C16H22N2O5.ClH/c1-21-13-8-11(16(20)23-3)12(9-14(13)22-2)18-15(19)10-4-6-17-7-5-10;/h8-10,17H,4-7H2,1-3H3,(H,18,19);1H. The third-order valence-corrected chi connectivity index (χ3v) is 3.90. The summed E-state index contributed by atoms with van der Waals surface area (Å²) in [6.45, 7) is 1.63. The van der Waals surface area contributed by atoms with Crippen molar-refractivity contribution in [1.82, 2.24) is 5.32 Å². The van der Waals surface area contributed by atoms with Gasteiger partial charge in [0.2, 0.25) is 5.91 Å². The van der Waals surface area contributed by atoms with E-state index in [-0.39, 0.29) is 29.8 Å². The predicted molar refractivity (Wildman–Crippen MR) is 92.4 cm³/mol. The van der Waals surface area contributed by atoms with Crippen LogP contribution in [-0.4, -0.2) is 46.3 Å². The molecule has 2 rings (SSSR count). The molecule has 1 aliphatic heterocycles. The smallest absolute Gasteiger partial charge is 0.340 e. The predicted octanol–water partition coefficient (Wildman–Crippen LogP) is 1.85. The largest absolute Gasteiger partial charge is 0.493 e. The summed E-state index contributed by atoms with van der Waals surface area (Å²) < 4.78 is 15.2. The van der Waals surface area contributed by atoms with Crippen molar-refractivity contribution >= 4 is 30.0 Å². The van der Waals surface area contributed by atoms with Gasteiger partial charge in [0.15, 0.2) is 11.5 Å². The molecule has 0 atom stereocenters. The van der Waals surface area contributed by atoms with Gasteiger partial charge in [-0.2, -0.15) is 0 Å². The number of hydrogen-bond acceptors (Lipinski definition) is 6. The Kier molecular flexibility index (Phi) is 7.81. The summed E-state index contributed by atoms with van der Waals surface area (Å²) >= 11 is 0. The highest BCUT2D eigenvalue weighted by atomic mass is 35.5. The molecule has 0 aliphatic carbocycles. The van der Waals surface area contributed by atoms with Gasteiger partial charge in [0.05, 0.1) is 32.6 Å². The number of methoxy groups -OCH3 is 3. The van der Waals surface area contributed by atoms with Crippen molar-refractivity contribution in [3.63, 3.8) is 0 Å². The number of piperidine rings is 1. The zero-order valence-electron chi connectivity index (χ0n) is 14.0. The Balaban J connectivity index is 0.00000288. The lowest BCUT2D eigenvalue weighted by molar-refractivity contribution is -0.120. The van der Waals surface area contributed by atoms with Gasteiger partial charge in [0.25, 0.3) is 0 Å². The zero-order valence-corrected chi connectivity index (χ0v) is 14.8. The van der Waals surface area contributed by atoms with Crippen LogP contribution in [0.2, 0.25) is 0 Å². The van der Waals surface area contributed by atoms with Gasteiger partial charge in [-0.1, -0.05) is 0 Å². The molecule has 1 amide bonds. The third kappa shape index (κ3) is 4.52. The quantitative estimate of drug-likeness (QED) is 0.781. The van der Waals surface area contributed by atoms with Crippen LogP contribution in [0.4, 0.5) is 5.69 Å². The summed E-state index contributed by atoms with van der Waals surface area (Å²) in [6, 6.07) is 3.08. The van der Waals surface area contributed by atoms with Crippen molar-refractivity contribution in [2.24, 2.45) is 5.92 Å². The number of nitrogens with one attached hydrogen (secondary N) is 2. The van der Waals surface area contributed by atoms with Crippen LogP contribution in [0, 0.1) is 5.92 Å². The molecule has 1 aliphatic rings. The molecule has 0 spiro atoms. The van der Waals surface area contributed by atoms with Crippen molar-refractivity contribution in [2.75, 3.05) is 39.7 Å². The average Bonchev–Trinajstić information content (AvgIpc) is 2.61. The lowest BCUT2D eigenvalue weighted by Crippen LogP contribution is -2.34. The first-order chi connectivity index (χ1) is 11.1. The summed E-state index contributed by atoms with van der Waals surface area (Å²) in [4.78, 5) is 24.4. The first-order valence-electron chi connectivity index (χ1n) is 7.46. The number of anilines is 1. The maximum atomic E-state index is 12.4. The number of ether oxygens (including phenoxy) is 3. The number of halogens is 1. The summed E-state index contributed by atoms with van der Waals surface area (Å²) in [6.07, 6.45) is 1.54. The molecule has 0 bridgehead atoms.